The molecule has 8 heteroatoms. The average Bonchev–Trinajstić information content (AvgIpc) is 3.31. The number of urea groups is 1. The summed E-state index contributed by atoms with van der Waals surface area (Å²) in [5.74, 6) is 0.432. The van der Waals surface area contributed by atoms with Crippen LogP contribution in [-0.2, 0) is 16.1 Å². The van der Waals surface area contributed by atoms with Crippen LogP contribution in [0.1, 0.15) is 22.5 Å². The molecule has 0 radical (unpaired) electrons. The molecule has 0 aliphatic carbocycles. The Kier molecular flexibility index (Phi) is 6.77. The summed E-state index contributed by atoms with van der Waals surface area (Å²) in [6, 6.07) is 15.5. The van der Waals surface area contributed by atoms with Crippen molar-refractivity contribution in [2.45, 2.75) is 20.4 Å². The lowest BCUT2D eigenvalue weighted by Crippen LogP contribution is -2.53. The van der Waals surface area contributed by atoms with Gasteiger partial charge in [-0.15, -0.1) is 0 Å². The molecule has 0 bridgehead atoms. The molecule has 1 aliphatic heterocycles. The monoisotopic (exact) mass is 460 g/mol. The molecule has 0 unspecified atom stereocenters. The van der Waals surface area contributed by atoms with E-state index in [1.54, 1.807) is 36.4 Å². The second-order valence-electron chi connectivity index (χ2n) is 7.88. The Bertz CT molecular complexity index is 1210. The first-order chi connectivity index (χ1) is 16.4. The Morgan fingerprint density at radius 1 is 0.912 bits per heavy atom. The highest BCUT2D eigenvalue weighted by atomic mass is 16.5. The van der Waals surface area contributed by atoms with Crippen molar-refractivity contribution >= 4 is 23.9 Å². The summed E-state index contributed by atoms with van der Waals surface area (Å²) in [5.41, 5.74) is 2.75. The number of hydrogen-bond acceptors (Lipinski definition) is 6. The summed E-state index contributed by atoms with van der Waals surface area (Å²) in [4.78, 5) is 38.1. The quantitative estimate of drug-likeness (QED) is 0.310. The number of benzene rings is 2. The largest absolute Gasteiger partial charge is 0.490 e. The van der Waals surface area contributed by atoms with Crippen molar-refractivity contribution in [2.75, 3.05) is 13.2 Å². The molecule has 0 spiro atoms. The van der Waals surface area contributed by atoms with Crippen LogP contribution in [0.4, 0.5) is 4.79 Å². The van der Waals surface area contributed by atoms with Crippen molar-refractivity contribution in [3.05, 3.63) is 88.9 Å². The Balaban J connectivity index is 1.35. The van der Waals surface area contributed by atoms with Crippen LogP contribution >= 0.6 is 0 Å². The molecular formula is C26H24N2O6. The van der Waals surface area contributed by atoms with E-state index in [2.05, 4.69) is 11.4 Å². The predicted molar refractivity (Wildman–Crippen MR) is 124 cm³/mol. The highest BCUT2D eigenvalue weighted by Gasteiger charge is 2.36. The fourth-order valence-corrected chi connectivity index (χ4v) is 3.56. The number of imide groups is 2. The van der Waals surface area contributed by atoms with Gasteiger partial charge in [-0.05, 0) is 73.0 Å². The van der Waals surface area contributed by atoms with E-state index in [9.17, 15) is 14.4 Å². The lowest BCUT2D eigenvalue weighted by atomic mass is 10.1. The van der Waals surface area contributed by atoms with E-state index < -0.39 is 17.8 Å². The van der Waals surface area contributed by atoms with Crippen LogP contribution in [0.3, 0.4) is 0 Å². The Labute approximate surface area is 196 Å². The van der Waals surface area contributed by atoms with Crippen LogP contribution in [0.25, 0.3) is 6.08 Å². The van der Waals surface area contributed by atoms with Crippen LogP contribution in [0.2, 0.25) is 0 Å². The minimum atomic E-state index is -0.782. The molecular weight excluding hydrogens is 436 g/mol. The maximum atomic E-state index is 12.8. The zero-order valence-corrected chi connectivity index (χ0v) is 18.9. The number of rotatable bonds is 8. The van der Waals surface area contributed by atoms with Crippen molar-refractivity contribution in [1.29, 1.82) is 0 Å². The van der Waals surface area contributed by atoms with Gasteiger partial charge in [0.2, 0.25) is 0 Å². The molecule has 2 aromatic carbocycles. The van der Waals surface area contributed by atoms with Gasteiger partial charge in [0.05, 0.1) is 12.8 Å². The maximum Gasteiger partial charge on any atom is 0.331 e. The summed E-state index contributed by atoms with van der Waals surface area (Å²) in [6.45, 7) is 4.72. The number of nitrogens with zero attached hydrogens (tertiary/aromatic N) is 1. The number of furan rings is 1. The minimum absolute atomic E-state index is 0.0702. The van der Waals surface area contributed by atoms with Gasteiger partial charge in [-0.3, -0.25) is 19.8 Å². The number of aryl methyl sites for hydroxylation is 2. The number of nitrogens with one attached hydrogen (secondary N) is 1. The van der Waals surface area contributed by atoms with Gasteiger partial charge in [-0.25, -0.2) is 4.79 Å². The van der Waals surface area contributed by atoms with Crippen LogP contribution in [0, 0.1) is 13.8 Å². The SMILES string of the molecule is Cc1cc(C)cc(OCCOc2ccc(/C=C3\C(=O)NC(=O)N(Cc4ccco4)C3=O)cc2)c1. The third kappa shape index (κ3) is 5.53. The Morgan fingerprint density at radius 2 is 1.59 bits per heavy atom. The molecule has 1 fully saturated rings. The minimum Gasteiger partial charge on any atom is -0.490 e. The number of ether oxygens (including phenoxy) is 2. The highest BCUT2D eigenvalue weighted by Crippen LogP contribution is 2.20. The van der Waals surface area contributed by atoms with Crippen LogP contribution in [0.5, 0.6) is 11.5 Å². The third-order valence-corrected chi connectivity index (χ3v) is 5.09. The summed E-state index contributed by atoms with van der Waals surface area (Å²) in [5, 5.41) is 2.19. The van der Waals surface area contributed by atoms with Gasteiger partial charge < -0.3 is 13.9 Å². The summed E-state index contributed by atoms with van der Waals surface area (Å²) in [7, 11) is 0. The number of hydrogen-bond donors (Lipinski definition) is 1. The van der Waals surface area contributed by atoms with Gasteiger partial charge in [0, 0.05) is 0 Å². The number of carbonyl (C=O) groups is 3. The van der Waals surface area contributed by atoms with Crippen molar-refractivity contribution in [3.8, 4) is 11.5 Å². The molecule has 174 valence electrons. The standard InChI is InChI=1S/C26H24N2O6/c1-17-12-18(2)14-22(13-17)34-11-10-33-20-7-5-19(6-8-20)15-23-24(29)27-26(31)28(25(23)30)16-21-4-3-9-32-21/h3-9,12-15H,10-11,16H2,1-2H3,(H,27,29,31)/b23-15+. The van der Waals surface area contributed by atoms with E-state index in [1.807, 2.05) is 26.0 Å². The highest BCUT2D eigenvalue weighted by molar-refractivity contribution is 6.30. The van der Waals surface area contributed by atoms with Crippen LogP contribution < -0.4 is 14.8 Å². The first kappa shape index (κ1) is 22.8. The molecule has 34 heavy (non-hydrogen) atoms. The van der Waals surface area contributed by atoms with Crippen LogP contribution in [0.15, 0.2) is 70.9 Å². The van der Waals surface area contributed by atoms with Gasteiger partial charge >= 0.3 is 6.03 Å². The second-order valence-corrected chi connectivity index (χ2v) is 7.88. The summed E-state index contributed by atoms with van der Waals surface area (Å²) >= 11 is 0. The average molecular weight is 460 g/mol. The first-order valence-corrected chi connectivity index (χ1v) is 10.7. The zero-order chi connectivity index (χ0) is 24.1. The van der Waals surface area contributed by atoms with E-state index in [0.29, 0.717) is 30.3 Å². The summed E-state index contributed by atoms with van der Waals surface area (Å²) in [6.07, 6.45) is 2.88. The Morgan fingerprint density at radius 3 is 2.24 bits per heavy atom. The fourth-order valence-electron chi connectivity index (χ4n) is 3.56. The maximum absolute atomic E-state index is 12.8. The molecule has 0 saturated carbocycles. The van der Waals surface area contributed by atoms with Crippen molar-refractivity contribution in [1.82, 2.24) is 10.2 Å². The normalized spacial score (nSPS) is 14.9. The molecule has 1 saturated heterocycles. The molecule has 4 rings (SSSR count). The van der Waals surface area contributed by atoms with Crippen molar-refractivity contribution in [2.24, 2.45) is 0 Å². The van der Waals surface area contributed by atoms with Crippen molar-refractivity contribution < 1.29 is 28.3 Å². The number of carbonyl (C=O) groups excluding carboxylic acids is 3. The van der Waals surface area contributed by atoms with Gasteiger partial charge in [0.1, 0.15) is 36.0 Å². The van der Waals surface area contributed by atoms with Gasteiger partial charge in [-0.2, -0.15) is 0 Å². The van der Waals surface area contributed by atoms with E-state index >= 15 is 0 Å². The van der Waals surface area contributed by atoms with E-state index in [4.69, 9.17) is 13.9 Å². The lowest BCUT2D eigenvalue weighted by molar-refractivity contribution is -0.130. The molecule has 0 atom stereocenters. The summed E-state index contributed by atoms with van der Waals surface area (Å²) < 4.78 is 16.6. The van der Waals surface area contributed by atoms with E-state index in [1.165, 1.54) is 12.3 Å². The van der Waals surface area contributed by atoms with Gasteiger partial charge in [-0.1, -0.05) is 18.2 Å². The molecule has 3 aromatic rings. The Hall–Kier alpha value is -4.33. The molecule has 8 nitrogen and oxygen atoms in total. The molecule has 1 aliphatic rings. The molecule has 1 N–H and O–H groups in total. The van der Waals surface area contributed by atoms with Crippen LogP contribution in [-0.4, -0.2) is 36.0 Å². The smallest absolute Gasteiger partial charge is 0.331 e. The first-order valence-electron chi connectivity index (χ1n) is 10.7. The van der Waals surface area contributed by atoms with Gasteiger partial charge in [0.15, 0.2) is 0 Å². The van der Waals surface area contributed by atoms with Crippen molar-refractivity contribution in [3.63, 3.8) is 0 Å². The fraction of sp³-hybridized carbons (Fsp3) is 0.192. The topological polar surface area (TPSA) is 98.1 Å². The molecule has 2 heterocycles. The van der Waals surface area contributed by atoms with Gasteiger partial charge in [0.25, 0.3) is 11.8 Å². The third-order valence-electron chi connectivity index (χ3n) is 5.09. The van der Waals surface area contributed by atoms with E-state index in [0.717, 1.165) is 21.8 Å². The van der Waals surface area contributed by atoms with E-state index in [-0.39, 0.29) is 12.1 Å². The number of barbiturate groups is 1. The second kappa shape index (κ2) is 10.1. The molecule has 1 aromatic heterocycles. The lowest BCUT2D eigenvalue weighted by Gasteiger charge is -2.25. The predicted octanol–water partition coefficient (Wildman–Crippen LogP) is 4.02. The zero-order valence-electron chi connectivity index (χ0n) is 18.9. The molecule has 4 amide bonds. The number of amides is 4.